The molecule has 0 saturated heterocycles. The van der Waals surface area contributed by atoms with Crippen molar-refractivity contribution in [3.8, 4) is 5.75 Å². The number of carbonyl (C=O) groups excluding carboxylic acids is 1. The van der Waals surface area contributed by atoms with E-state index < -0.39 is 0 Å². The Hall–Kier alpha value is -3.07. The molecule has 3 aromatic heterocycles. The number of thioether (sulfide) groups is 1. The van der Waals surface area contributed by atoms with E-state index in [2.05, 4.69) is 20.6 Å². The average molecular weight is 425 g/mol. The zero-order chi connectivity index (χ0) is 21.4. The van der Waals surface area contributed by atoms with Gasteiger partial charge in [-0.25, -0.2) is 4.68 Å². The van der Waals surface area contributed by atoms with Gasteiger partial charge in [0.05, 0.1) is 24.1 Å². The number of rotatable bonds is 6. The van der Waals surface area contributed by atoms with Crippen LogP contribution in [0, 0.1) is 6.92 Å². The number of anilines is 1. The zero-order valence-corrected chi connectivity index (χ0v) is 18.4. The lowest BCUT2D eigenvalue weighted by atomic mass is 10.1. The number of aryl methyl sites for hydroxylation is 1. The van der Waals surface area contributed by atoms with E-state index in [1.54, 1.807) is 24.1 Å². The molecule has 3 heterocycles. The Kier molecular flexibility index (Phi) is 5.38. The van der Waals surface area contributed by atoms with Gasteiger partial charge in [-0.2, -0.15) is 5.10 Å². The van der Waals surface area contributed by atoms with Gasteiger partial charge in [0, 0.05) is 23.6 Å². The van der Waals surface area contributed by atoms with Crippen molar-refractivity contribution in [3.63, 3.8) is 0 Å². The second-order valence-electron chi connectivity index (χ2n) is 7.39. The van der Waals surface area contributed by atoms with Crippen LogP contribution >= 0.6 is 11.8 Å². The van der Waals surface area contributed by atoms with Gasteiger partial charge in [-0.05, 0) is 51.5 Å². The number of amides is 1. The van der Waals surface area contributed by atoms with Gasteiger partial charge in [-0.1, -0.05) is 11.8 Å². The number of fused-ring (bicyclic) bond motifs is 3. The van der Waals surface area contributed by atoms with Crippen molar-refractivity contribution in [3.05, 3.63) is 42.1 Å². The first-order valence-electron chi connectivity index (χ1n) is 9.72. The molecule has 0 spiro atoms. The molecule has 1 aromatic carbocycles. The molecular weight excluding hydrogens is 400 g/mol. The molecule has 0 fully saturated rings. The predicted molar refractivity (Wildman–Crippen MR) is 118 cm³/mol. The maximum Gasteiger partial charge on any atom is 0.238 e. The molecular formula is C21H24N6O2S. The van der Waals surface area contributed by atoms with Crippen LogP contribution in [0.25, 0.3) is 16.6 Å². The highest BCUT2D eigenvalue weighted by Crippen LogP contribution is 2.30. The lowest BCUT2D eigenvalue weighted by Crippen LogP contribution is -2.24. The lowest BCUT2D eigenvalue weighted by molar-refractivity contribution is -0.115. The van der Waals surface area contributed by atoms with Crippen LogP contribution in [-0.2, 0) is 4.79 Å². The number of methoxy groups -OCH3 is 1. The molecule has 0 saturated carbocycles. The fourth-order valence-electron chi connectivity index (χ4n) is 3.37. The van der Waals surface area contributed by atoms with Crippen molar-refractivity contribution in [2.24, 2.45) is 0 Å². The largest absolute Gasteiger partial charge is 0.497 e. The van der Waals surface area contributed by atoms with Crippen molar-refractivity contribution in [1.82, 2.24) is 24.4 Å². The molecule has 0 bridgehead atoms. The third-order valence-electron chi connectivity index (χ3n) is 4.94. The molecule has 9 heteroatoms. The first-order chi connectivity index (χ1) is 14.4. The van der Waals surface area contributed by atoms with Crippen molar-refractivity contribution >= 4 is 40.0 Å². The monoisotopic (exact) mass is 424 g/mol. The van der Waals surface area contributed by atoms with Gasteiger partial charge in [-0.3, -0.25) is 9.20 Å². The molecule has 0 radical (unpaired) electrons. The number of nitrogens with one attached hydrogen (secondary N) is 1. The number of ether oxygens (including phenoxy) is 1. The second kappa shape index (κ2) is 7.98. The molecule has 0 aliphatic rings. The zero-order valence-electron chi connectivity index (χ0n) is 17.6. The Morgan fingerprint density at radius 3 is 2.70 bits per heavy atom. The lowest BCUT2D eigenvalue weighted by Gasteiger charge is -2.15. The molecule has 1 unspecified atom stereocenters. The van der Waals surface area contributed by atoms with E-state index in [4.69, 9.17) is 4.74 Å². The second-order valence-corrected chi connectivity index (χ2v) is 8.70. The highest BCUT2D eigenvalue weighted by atomic mass is 32.2. The maximum atomic E-state index is 12.8. The van der Waals surface area contributed by atoms with Gasteiger partial charge in [0.1, 0.15) is 11.6 Å². The van der Waals surface area contributed by atoms with Crippen molar-refractivity contribution in [2.45, 2.75) is 44.1 Å². The summed E-state index contributed by atoms with van der Waals surface area (Å²) in [5.74, 6) is 1.32. The Morgan fingerprint density at radius 2 is 1.97 bits per heavy atom. The van der Waals surface area contributed by atoms with E-state index in [-0.39, 0.29) is 17.2 Å². The first-order valence-corrected chi connectivity index (χ1v) is 10.6. The number of aromatic nitrogens is 5. The van der Waals surface area contributed by atoms with Gasteiger partial charge in [0.15, 0.2) is 10.8 Å². The summed E-state index contributed by atoms with van der Waals surface area (Å²) in [7, 11) is 1.64. The van der Waals surface area contributed by atoms with Crippen LogP contribution in [0.2, 0.25) is 0 Å². The number of carbonyl (C=O) groups is 1. The van der Waals surface area contributed by atoms with Gasteiger partial charge in [0.2, 0.25) is 5.91 Å². The van der Waals surface area contributed by atoms with Crippen LogP contribution in [0.4, 0.5) is 5.82 Å². The normalized spacial score (nSPS) is 12.6. The topological polar surface area (TPSA) is 86.3 Å². The average Bonchev–Trinajstić information content (AvgIpc) is 3.34. The molecule has 1 N–H and O–H groups in total. The Labute approximate surface area is 178 Å². The van der Waals surface area contributed by atoms with E-state index >= 15 is 0 Å². The molecule has 156 valence electrons. The molecule has 4 rings (SSSR count). The maximum absolute atomic E-state index is 12.8. The van der Waals surface area contributed by atoms with E-state index in [1.807, 2.05) is 56.4 Å². The summed E-state index contributed by atoms with van der Waals surface area (Å²) in [4.78, 5) is 12.8. The third kappa shape index (κ3) is 3.60. The number of benzene rings is 1. The first kappa shape index (κ1) is 20.2. The summed E-state index contributed by atoms with van der Waals surface area (Å²) in [5.41, 5.74) is 2.79. The highest BCUT2D eigenvalue weighted by molar-refractivity contribution is 8.00. The molecule has 4 aromatic rings. The van der Waals surface area contributed by atoms with E-state index in [1.165, 1.54) is 11.8 Å². The van der Waals surface area contributed by atoms with Gasteiger partial charge >= 0.3 is 0 Å². The van der Waals surface area contributed by atoms with Crippen LogP contribution in [0.5, 0.6) is 5.75 Å². The fourth-order valence-corrected chi connectivity index (χ4v) is 4.24. The van der Waals surface area contributed by atoms with Gasteiger partial charge in [0.25, 0.3) is 0 Å². The van der Waals surface area contributed by atoms with Crippen LogP contribution in [0.3, 0.4) is 0 Å². The number of nitrogens with zero attached hydrogens (tertiary/aromatic N) is 5. The molecule has 1 amide bonds. The summed E-state index contributed by atoms with van der Waals surface area (Å²) in [5, 5.41) is 17.2. The van der Waals surface area contributed by atoms with Gasteiger partial charge < -0.3 is 10.1 Å². The number of hydrogen-bond donors (Lipinski definition) is 1. The van der Waals surface area contributed by atoms with Crippen molar-refractivity contribution in [1.29, 1.82) is 0 Å². The van der Waals surface area contributed by atoms with Crippen LogP contribution in [0.1, 0.15) is 32.4 Å². The molecule has 0 aliphatic heterocycles. The smallest absolute Gasteiger partial charge is 0.238 e. The minimum absolute atomic E-state index is 0.117. The van der Waals surface area contributed by atoms with Crippen LogP contribution in [-0.4, -0.2) is 42.6 Å². The summed E-state index contributed by atoms with van der Waals surface area (Å²) < 4.78 is 9.15. The molecule has 1 atom stereocenters. The SMILES string of the molecule is COc1ccc2c(C)cc3nnc(SC(C)C(=O)Nc4ccnn4C(C)C)n3c2c1. The highest BCUT2D eigenvalue weighted by Gasteiger charge is 2.21. The standard InChI is InChI=1S/C21H24N6O2S/c1-12(2)27-18(8-9-22-27)23-20(28)14(4)30-21-25-24-19-10-13(3)16-7-6-15(29-5)11-17(16)26(19)21/h6-12,14H,1-5H3,(H,23,28). The Morgan fingerprint density at radius 1 is 1.17 bits per heavy atom. The summed E-state index contributed by atoms with van der Waals surface area (Å²) in [6.07, 6.45) is 1.68. The van der Waals surface area contributed by atoms with Crippen molar-refractivity contribution < 1.29 is 9.53 Å². The molecule has 8 nitrogen and oxygen atoms in total. The van der Waals surface area contributed by atoms with Crippen LogP contribution < -0.4 is 10.1 Å². The summed E-state index contributed by atoms with van der Waals surface area (Å²) >= 11 is 1.36. The number of hydrogen-bond acceptors (Lipinski definition) is 6. The predicted octanol–water partition coefficient (Wildman–Crippen LogP) is 4.10. The van der Waals surface area contributed by atoms with E-state index in [9.17, 15) is 4.79 Å². The summed E-state index contributed by atoms with van der Waals surface area (Å²) in [6.45, 7) is 7.94. The number of pyridine rings is 1. The van der Waals surface area contributed by atoms with Crippen LogP contribution in [0.15, 0.2) is 41.7 Å². The fraction of sp³-hybridized carbons (Fsp3) is 0.333. The van der Waals surface area contributed by atoms with E-state index in [0.29, 0.717) is 11.0 Å². The van der Waals surface area contributed by atoms with Crippen molar-refractivity contribution in [2.75, 3.05) is 12.4 Å². The molecule has 0 aliphatic carbocycles. The van der Waals surface area contributed by atoms with E-state index in [0.717, 1.165) is 27.9 Å². The minimum atomic E-state index is -0.380. The third-order valence-corrected chi connectivity index (χ3v) is 5.98. The van der Waals surface area contributed by atoms with Gasteiger partial charge in [-0.15, -0.1) is 10.2 Å². The minimum Gasteiger partial charge on any atom is -0.497 e. The quantitative estimate of drug-likeness (QED) is 0.469. The Balaban J connectivity index is 1.65. The Bertz CT molecular complexity index is 1230. The molecule has 30 heavy (non-hydrogen) atoms. The summed E-state index contributed by atoms with van der Waals surface area (Å²) in [6, 6.07) is 9.88.